The maximum Gasteiger partial charge on any atom is 0.257 e. The van der Waals surface area contributed by atoms with Crippen molar-refractivity contribution in [3.05, 3.63) is 42.1 Å². The molecule has 5 fully saturated rings. The van der Waals surface area contributed by atoms with Gasteiger partial charge < -0.3 is 10.2 Å². The maximum atomic E-state index is 13.7. The summed E-state index contributed by atoms with van der Waals surface area (Å²) in [6.45, 7) is 3.24. The van der Waals surface area contributed by atoms with Gasteiger partial charge in [0.1, 0.15) is 11.4 Å². The molecule has 5 nitrogen and oxygen atoms in total. The van der Waals surface area contributed by atoms with Gasteiger partial charge >= 0.3 is 0 Å². The number of benzene rings is 1. The molecule has 1 N–H and O–H groups in total. The first-order valence-electron chi connectivity index (χ1n) is 11.8. The normalized spacial score (nSPS) is 34.5. The van der Waals surface area contributed by atoms with Crippen molar-refractivity contribution >= 4 is 11.7 Å². The van der Waals surface area contributed by atoms with E-state index in [-0.39, 0.29) is 11.4 Å². The first kappa shape index (κ1) is 18.5. The topological polar surface area (TPSA) is 50.2 Å². The van der Waals surface area contributed by atoms with Crippen molar-refractivity contribution in [1.82, 2.24) is 15.1 Å². The number of anilines is 1. The van der Waals surface area contributed by atoms with Gasteiger partial charge in [-0.3, -0.25) is 4.79 Å². The molecule has 0 radical (unpaired) electrons. The van der Waals surface area contributed by atoms with Crippen LogP contribution in [0.3, 0.4) is 0 Å². The average molecular weight is 405 g/mol. The number of hydrogen-bond donors (Lipinski definition) is 1. The Bertz CT molecular complexity index is 914. The Morgan fingerprint density at radius 3 is 2.33 bits per heavy atom. The molecule has 30 heavy (non-hydrogen) atoms. The maximum absolute atomic E-state index is 13.7. The van der Waals surface area contributed by atoms with Gasteiger partial charge in [0.05, 0.1) is 11.9 Å². The summed E-state index contributed by atoms with van der Waals surface area (Å²) < 4.78 is 1.97. The summed E-state index contributed by atoms with van der Waals surface area (Å²) in [6.07, 6.45) is 11.8. The van der Waals surface area contributed by atoms with E-state index in [1.165, 1.54) is 38.5 Å². The van der Waals surface area contributed by atoms with Gasteiger partial charge in [-0.2, -0.15) is 5.10 Å². The predicted octanol–water partition coefficient (Wildman–Crippen LogP) is 4.56. The number of carbonyl (C=O) groups excluding carboxylic acids is 1. The predicted molar refractivity (Wildman–Crippen MR) is 118 cm³/mol. The van der Waals surface area contributed by atoms with Crippen molar-refractivity contribution in [2.24, 2.45) is 17.8 Å². The molecule has 1 aromatic heterocycles. The van der Waals surface area contributed by atoms with Crippen LogP contribution in [-0.4, -0.2) is 33.8 Å². The van der Waals surface area contributed by atoms with E-state index in [0.29, 0.717) is 6.04 Å². The number of para-hydroxylation sites is 1. The molecule has 7 rings (SSSR count). The molecule has 5 heteroatoms. The lowest BCUT2D eigenvalue weighted by atomic mass is 9.53. The van der Waals surface area contributed by atoms with Crippen molar-refractivity contribution in [2.75, 3.05) is 11.4 Å². The number of carbonyl (C=O) groups is 1. The van der Waals surface area contributed by atoms with Crippen LogP contribution in [0.15, 0.2) is 36.5 Å². The van der Waals surface area contributed by atoms with E-state index >= 15 is 0 Å². The van der Waals surface area contributed by atoms with Crippen LogP contribution in [0.1, 0.15) is 68.6 Å². The Morgan fingerprint density at radius 1 is 1.07 bits per heavy atom. The number of nitrogens with zero attached hydrogens (tertiary/aromatic N) is 3. The number of nitrogens with one attached hydrogen (secondary N) is 1. The smallest absolute Gasteiger partial charge is 0.257 e. The Hall–Kier alpha value is -2.30. The zero-order valence-corrected chi connectivity index (χ0v) is 17.9. The van der Waals surface area contributed by atoms with E-state index in [1.807, 2.05) is 22.9 Å². The zero-order valence-electron chi connectivity index (χ0n) is 17.9. The molecule has 1 amide bonds. The second kappa shape index (κ2) is 6.86. The lowest BCUT2D eigenvalue weighted by Crippen LogP contribution is -2.59. The minimum absolute atomic E-state index is 0.0224. The summed E-state index contributed by atoms with van der Waals surface area (Å²) >= 11 is 0. The highest BCUT2D eigenvalue weighted by atomic mass is 16.2. The van der Waals surface area contributed by atoms with Gasteiger partial charge in [0.2, 0.25) is 0 Å². The highest BCUT2D eigenvalue weighted by molar-refractivity contribution is 5.99. The van der Waals surface area contributed by atoms with Crippen molar-refractivity contribution < 1.29 is 4.79 Å². The Labute approximate surface area is 178 Å². The summed E-state index contributed by atoms with van der Waals surface area (Å²) in [7, 11) is 0. The lowest BCUT2D eigenvalue weighted by molar-refractivity contribution is -0.0166. The van der Waals surface area contributed by atoms with Gasteiger partial charge in [-0.1, -0.05) is 18.2 Å². The number of hydrogen-bond acceptors (Lipinski definition) is 3. The van der Waals surface area contributed by atoms with Gasteiger partial charge in [-0.15, -0.1) is 0 Å². The second-order valence-electron chi connectivity index (χ2n) is 10.5. The molecule has 158 valence electrons. The quantitative estimate of drug-likeness (QED) is 0.813. The first-order chi connectivity index (χ1) is 14.6. The standard InChI is InChI=1S/C25H32N4O/c1-17-6-5-9-28(17)24-22(16-26-29(24)21-7-3-2-4-8-21)23(30)27-25-13-18-10-19(14-25)12-20(11-18)15-25/h2-4,7-8,16-20H,5-6,9-15H2,1H3,(H,27,30). The third kappa shape index (κ3) is 2.97. The minimum Gasteiger partial charge on any atom is -0.353 e. The molecule has 1 atom stereocenters. The Kier molecular flexibility index (Phi) is 4.22. The van der Waals surface area contributed by atoms with Crippen molar-refractivity contribution in [2.45, 2.75) is 69.9 Å². The van der Waals surface area contributed by atoms with Gasteiger partial charge in [0.25, 0.3) is 5.91 Å². The molecule has 4 saturated carbocycles. The van der Waals surface area contributed by atoms with E-state index in [1.54, 1.807) is 6.20 Å². The molecule has 0 spiro atoms. The summed E-state index contributed by atoms with van der Waals surface area (Å²) in [4.78, 5) is 16.1. The van der Waals surface area contributed by atoms with Gasteiger partial charge in [0, 0.05) is 18.1 Å². The van der Waals surface area contributed by atoms with Crippen molar-refractivity contribution in [1.29, 1.82) is 0 Å². The van der Waals surface area contributed by atoms with Crippen molar-refractivity contribution in [3.63, 3.8) is 0 Å². The fourth-order valence-electron chi connectivity index (χ4n) is 7.36. The van der Waals surface area contributed by atoms with E-state index in [9.17, 15) is 4.79 Å². The molecule has 1 unspecified atom stereocenters. The Balaban J connectivity index is 1.35. The summed E-state index contributed by atoms with van der Waals surface area (Å²) in [5.41, 5.74) is 1.78. The first-order valence-corrected chi connectivity index (χ1v) is 11.8. The Morgan fingerprint density at radius 2 is 1.73 bits per heavy atom. The van der Waals surface area contributed by atoms with Crippen LogP contribution in [0.2, 0.25) is 0 Å². The molecule has 4 aliphatic carbocycles. The van der Waals surface area contributed by atoms with Crippen molar-refractivity contribution in [3.8, 4) is 5.69 Å². The van der Waals surface area contributed by atoms with Crippen LogP contribution >= 0.6 is 0 Å². The van der Waals surface area contributed by atoms with Crippen LogP contribution in [-0.2, 0) is 0 Å². The van der Waals surface area contributed by atoms with Crippen LogP contribution in [0.4, 0.5) is 5.82 Å². The molecule has 1 saturated heterocycles. The molecule has 5 aliphatic rings. The minimum atomic E-state index is 0.0224. The number of rotatable bonds is 4. The van der Waals surface area contributed by atoms with Crippen LogP contribution in [0.5, 0.6) is 0 Å². The van der Waals surface area contributed by atoms with Crippen LogP contribution in [0, 0.1) is 17.8 Å². The van der Waals surface area contributed by atoms with E-state index in [0.717, 1.165) is 54.2 Å². The monoisotopic (exact) mass is 404 g/mol. The number of amides is 1. The third-order valence-electron chi connectivity index (χ3n) is 8.23. The molecular weight excluding hydrogens is 372 g/mol. The SMILES string of the molecule is CC1CCCN1c1c(C(=O)NC23CC4CC(CC(C4)C2)C3)cnn1-c1ccccc1. The fraction of sp³-hybridized carbons (Fsp3) is 0.600. The zero-order chi connectivity index (χ0) is 20.3. The molecule has 2 heterocycles. The summed E-state index contributed by atoms with van der Waals surface area (Å²) in [5.74, 6) is 3.51. The van der Waals surface area contributed by atoms with Gasteiger partial charge in [-0.05, 0) is 88.2 Å². The number of aromatic nitrogens is 2. The van der Waals surface area contributed by atoms with Crippen LogP contribution < -0.4 is 10.2 Å². The van der Waals surface area contributed by atoms with E-state index in [4.69, 9.17) is 5.10 Å². The van der Waals surface area contributed by atoms with Gasteiger partial charge in [0.15, 0.2) is 0 Å². The molecule has 1 aliphatic heterocycles. The third-order valence-corrected chi connectivity index (χ3v) is 8.23. The summed E-state index contributed by atoms with van der Waals surface area (Å²) in [6, 6.07) is 10.6. The highest BCUT2D eigenvalue weighted by Gasteiger charge is 2.51. The second-order valence-corrected chi connectivity index (χ2v) is 10.5. The molecule has 2 aromatic rings. The highest BCUT2D eigenvalue weighted by Crippen LogP contribution is 2.55. The van der Waals surface area contributed by atoms with Crippen LogP contribution in [0.25, 0.3) is 5.69 Å². The average Bonchev–Trinajstić information content (AvgIpc) is 3.33. The van der Waals surface area contributed by atoms with E-state index in [2.05, 4.69) is 29.3 Å². The summed E-state index contributed by atoms with van der Waals surface area (Å²) in [5, 5.41) is 8.26. The fourth-order valence-corrected chi connectivity index (χ4v) is 7.36. The molecule has 1 aromatic carbocycles. The largest absolute Gasteiger partial charge is 0.353 e. The van der Waals surface area contributed by atoms with Gasteiger partial charge in [-0.25, -0.2) is 4.68 Å². The molecular formula is C25H32N4O. The molecule has 4 bridgehead atoms. The van der Waals surface area contributed by atoms with E-state index < -0.39 is 0 Å². The lowest BCUT2D eigenvalue weighted by Gasteiger charge is -2.56.